The van der Waals surface area contributed by atoms with Crippen molar-refractivity contribution in [2.75, 3.05) is 0 Å². The first kappa shape index (κ1) is 13.0. The van der Waals surface area contributed by atoms with E-state index in [9.17, 15) is 10.1 Å². The van der Waals surface area contributed by atoms with Crippen molar-refractivity contribution in [1.29, 1.82) is 0 Å². The van der Waals surface area contributed by atoms with Crippen LogP contribution in [0.2, 0.25) is 0 Å². The minimum absolute atomic E-state index is 0.149. The van der Waals surface area contributed by atoms with Gasteiger partial charge in [0.05, 0.1) is 4.92 Å². The fourth-order valence-corrected chi connectivity index (χ4v) is 3.17. The zero-order valence-electron chi connectivity index (χ0n) is 9.59. The Balaban J connectivity index is 2.35. The van der Waals surface area contributed by atoms with Crippen molar-refractivity contribution in [3.05, 3.63) is 61.6 Å². The number of nitrogens with zero attached hydrogens (tertiary/aromatic N) is 1. The Hall–Kier alpha value is -1.46. The molecule has 0 N–H and O–H groups in total. The molecule has 0 bridgehead atoms. The van der Waals surface area contributed by atoms with Gasteiger partial charge >= 0.3 is 0 Å². The molecular weight excluding hydrogens is 314 g/mol. The lowest BCUT2D eigenvalue weighted by atomic mass is 10.2. The van der Waals surface area contributed by atoms with Gasteiger partial charge in [-0.25, -0.2) is 0 Å². The third-order valence-corrected chi connectivity index (χ3v) is 4.16. The molecule has 1 heterocycles. The first-order valence-corrected chi connectivity index (χ1v) is 6.86. The second-order valence-corrected chi connectivity index (χ2v) is 5.69. The highest BCUT2D eigenvalue weighted by Gasteiger charge is 2.07. The van der Waals surface area contributed by atoms with Crippen LogP contribution < -0.4 is 0 Å². The molecule has 0 unspecified atom stereocenters. The van der Waals surface area contributed by atoms with E-state index >= 15 is 0 Å². The number of benzene rings is 1. The van der Waals surface area contributed by atoms with Crippen molar-refractivity contribution in [3.8, 4) is 10.4 Å². The number of rotatable bonds is 3. The Kier molecular flexibility index (Phi) is 3.93. The number of allylic oxidation sites excluding steroid dienone is 1. The second kappa shape index (κ2) is 5.46. The van der Waals surface area contributed by atoms with Crippen molar-refractivity contribution in [2.45, 2.75) is 6.92 Å². The highest BCUT2D eigenvalue weighted by atomic mass is 79.9. The van der Waals surface area contributed by atoms with E-state index in [0.29, 0.717) is 0 Å². The lowest BCUT2D eigenvalue weighted by Crippen LogP contribution is -1.91. The number of nitro groups is 1. The molecule has 18 heavy (non-hydrogen) atoms. The zero-order chi connectivity index (χ0) is 13.1. The topological polar surface area (TPSA) is 43.1 Å². The maximum Gasteiger partial charge on any atom is 0.244 e. The Labute approximate surface area is 117 Å². The molecule has 0 radical (unpaired) electrons. The van der Waals surface area contributed by atoms with E-state index in [1.54, 1.807) is 6.08 Å². The fraction of sp³-hybridized carbons (Fsp3) is 0.0769. The molecule has 0 atom stereocenters. The molecule has 0 amide bonds. The summed E-state index contributed by atoms with van der Waals surface area (Å²) in [5.41, 5.74) is 1.25. The number of hydrogen-bond acceptors (Lipinski definition) is 3. The average molecular weight is 324 g/mol. The first-order valence-electron chi connectivity index (χ1n) is 5.25. The summed E-state index contributed by atoms with van der Waals surface area (Å²) in [5, 5.41) is 10.6. The van der Waals surface area contributed by atoms with Crippen LogP contribution in [0.15, 0.2) is 46.6 Å². The van der Waals surface area contributed by atoms with Gasteiger partial charge in [-0.2, -0.15) is 0 Å². The van der Waals surface area contributed by atoms with E-state index in [0.717, 1.165) is 19.8 Å². The van der Waals surface area contributed by atoms with Crippen molar-refractivity contribution >= 4 is 33.3 Å². The second-order valence-electron chi connectivity index (χ2n) is 3.72. The van der Waals surface area contributed by atoms with Crippen LogP contribution in [0.25, 0.3) is 16.5 Å². The van der Waals surface area contributed by atoms with Crippen LogP contribution in [0.5, 0.6) is 0 Å². The lowest BCUT2D eigenvalue weighted by Gasteiger charge is -1.99. The quantitative estimate of drug-likeness (QED) is 0.600. The van der Waals surface area contributed by atoms with E-state index in [-0.39, 0.29) is 10.6 Å². The molecule has 0 aliphatic heterocycles. The smallest absolute Gasteiger partial charge is 0.244 e. The summed E-state index contributed by atoms with van der Waals surface area (Å²) in [6.07, 6.45) is 1.59. The maximum absolute atomic E-state index is 10.6. The molecule has 0 aliphatic carbocycles. The normalized spacial score (nSPS) is 11.6. The molecule has 5 heteroatoms. The van der Waals surface area contributed by atoms with Crippen molar-refractivity contribution in [3.63, 3.8) is 0 Å². The van der Waals surface area contributed by atoms with Gasteiger partial charge in [0, 0.05) is 32.8 Å². The van der Waals surface area contributed by atoms with Crippen LogP contribution in [0.4, 0.5) is 0 Å². The molecule has 0 saturated carbocycles. The minimum Gasteiger partial charge on any atom is -0.259 e. The summed E-state index contributed by atoms with van der Waals surface area (Å²) >= 11 is 5.03. The van der Waals surface area contributed by atoms with Gasteiger partial charge in [0.1, 0.15) is 0 Å². The highest BCUT2D eigenvalue weighted by Crippen LogP contribution is 2.34. The van der Waals surface area contributed by atoms with Crippen molar-refractivity contribution in [1.82, 2.24) is 0 Å². The summed E-state index contributed by atoms with van der Waals surface area (Å²) in [6, 6.07) is 11.8. The zero-order valence-corrected chi connectivity index (χ0v) is 12.0. The molecule has 1 aromatic heterocycles. The highest BCUT2D eigenvalue weighted by molar-refractivity contribution is 9.10. The Morgan fingerprint density at radius 3 is 2.72 bits per heavy atom. The SMILES string of the molecule is CC(=Cc1ccc(-c2ccccc2Br)s1)[N+](=O)[O-]. The van der Waals surface area contributed by atoms with E-state index < -0.39 is 0 Å². The van der Waals surface area contributed by atoms with E-state index in [1.807, 2.05) is 36.4 Å². The number of halogens is 1. The van der Waals surface area contributed by atoms with Gasteiger partial charge in [0.15, 0.2) is 0 Å². The summed E-state index contributed by atoms with van der Waals surface area (Å²) < 4.78 is 1.02. The predicted octanol–water partition coefficient (Wildman–Crippen LogP) is 4.82. The number of thiophene rings is 1. The molecule has 92 valence electrons. The molecule has 3 nitrogen and oxygen atoms in total. The number of hydrogen-bond donors (Lipinski definition) is 0. The molecule has 1 aromatic carbocycles. The van der Waals surface area contributed by atoms with E-state index in [2.05, 4.69) is 15.9 Å². The molecule has 0 spiro atoms. The van der Waals surface area contributed by atoms with Gasteiger partial charge < -0.3 is 0 Å². The van der Waals surface area contributed by atoms with Crippen LogP contribution in [0, 0.1) is 10.1 Å². The van der Waals surface area contributed by atoms with Gasteiger partial charge in [0.25, 0.3) is 0 Å². The van der Waals surface area contributed by atoms with Gasteiger partial charge in [-0.3, -0.25) is 10.1 Å². The monoisotopic (exact) mass is 323 g/mol. The minimum atomic E-state index is -0.377. The van der Waals surface area contributed by atoms with Crippen LogP contribution in [-0.4, -0.2) is 4.92 Å². The van der Waals surface area contributed by atoms with Gasteiger partial charge in [0.2, 0.25) is 5.70 Å². The Morgan fingerprint density at radius 2 is 2.06 bits per heavy atom. The van der Waals surface area contributed by atoms with Gasteiger partial charge in [-0.15, -0.1) is 11.3 Å². The largest absolute Gasteiger partial charge is 0.259 e. The Bertz CT molecular complexity index is 619. The molecule has 0 aliphatic rings. The Morgan fingerprint density at radius 1 is 1.33 bits per heavy atom. The summed E-state index contributed by atoms with van der Waals surface area (Å²) in [7, 11) is 0. The van der Waals surface area contributed by atoms with E-state index in [1.165, 1.54) is 18.3 Å². The van der Waals surface area contributed by atoms with E-state index in [4.69, 9.17) is 0 Å². The first-order chi connectivity index (χ1) is 8.58. The third-order valence-electron chi connectivity index (χ3n) is 2.41. The van der Waals surface area contributed by atoms with Crippen LogP contribution in [-0.2, 0) is 0 Å². The molecule has 0 saturated heterocycles. The summed E-state index contributed by atoms with van der Waals surface area (Å²) in [5.74, 6) is 0. The van der Waals surface area contributed by atoms with Crippen LogP contribution >= 0.6 is 27.3 Å². The molecule has 2 rings (SSSR count). The van der Waals surface area contributed by atoms with Crippen LogP contribution in [0.1, 0.15) is 11.8 Å². The average Bonchev–Trinajstić information content (AvgIpc) is 2.77. The summed E-state index contributed by atoms with van der Waals surface area (Å²) in [4.78, 5) is 12.2. The fourth-order valence-electron chi connectivity index (χ4n) is 1.49. The molecule has 2 aromatic rings. The summed E-state index contributed by atoms with van der Waals surface area (Å²) in [6.45, 7) is 1.50. The maximum atomic E-state index is 10.6. The van der Waals surface area contributed by atoms with Gasteiger partial charge in [-0.1, -0.05) is 34.1 Å². The molecular formula is C13H10BrNO2S. The molecule has 0 fully saturated rings. The lowest BCUT2D eigenvalue weighted by molar-refractivity contribution is -0.422. The van der Waals surface area contributed by atoms with Crippen LogP contribution in [0.3, 0.4) is 0 Å². The van der Waals surface area contributed by atoms with Gasteiger partial charge in [-0.05, 0) is 18.2 Å². The predicted molar refractivity (Wildman–Crippen MR) is 78.1 cm³/mol. The standard InChI is InChI=1S/C13H10BrNO2S/c1-9(15(16)17)8-10-6-7-13(18-10)11-4-2-3-5-12(11)14/h2-8H,1H3. The third kappa shape index (κ3) is 2.86. The van der Waals surface area contributed by atoms with Crippen molar-refractivity contribution in [2.24, 2.45) is 0 Å². The van der Waals surface area contributed by atoms with Crippen molar-refractivity contribution < 1.29 is 4.92 Å².